The van der Waals surface area contributed by atoms with Crippen LogP contribution in [-0.4, -0.2) is 29.8 Å². The van der Waals surface area contributed by atoms with Gasteiger partial charge in [0.25, 0.3) is 0 Å². The fourth-order valence-electron chi connectivity index (χ4n) is 2.10. The molecule has 0 aliphatic carbocycles. The average Bonchev–Trinajstić information content (AvgIpc) is 2.85. The van der Waals surface area contributed by atoms with Gasteiger partial charge in [-0.3, -0.25) is 0 Å². The Morgan fingerprint density at radius 1 is 1.61 bits per heavy atom. The predicted octanol–water partition coefficient (Wildman–Crippen LogP) is 3.13. The van der Waals surface area contributed by atoms with Gasteiger partial charge in [0, 0.05) is 22.8 Å². The first-order chi connectivity index (χ1) is 8.58. The maximum absolute atomic E-state index is 10.8. The molecule has 1 fully saturated rings. The van der Waals surface area contributed by atoms with Gasteiger partial charge in [0.2, 0.25) is 0 Å². The second-order valence-corrected chi connectivity index (χ2v) is 5.34. The van der Waals surface area contributed by atoms with E-state index < -0.39 is 5.97 Å². The van der Waals surface area contributed by atoms with Crippen LogP contribution in [0, 0.1) is 0 Å². The van der Waals surface area contributed by atoms with Gasteiger partial charge in [-0.25, -0.2) is 4.79 Å². The van der Waals surface area contributed by atoms with E-state index in [1.165, 1.54) is 0 Å². The smallest absolute Gasteiger partial charge is 0.335 e. The third-order valence-corrected chi connectivity index (χ3v) is 3.78. The Morgan fingerprint density at radius 3 is 2.94 bits per heavy atom. The van der Waals surface area contributed by atoms with E-state index in [4.69, 9.17) is 9.84 Å². The van der Waals surface area contributed by atoms with Crippen LogP contribution in [0.1, 0.15) is 30.1 Å². The van der Waals surface area contributed by atoms with Crippen molar-refractivity contribution in [2.24, 2.45) is 0 Å². The molecule has 2 atom stereocenters. The van der Waals surface area contributed by atoms with E-state index in [1.54, 1.807) is 18.2 Å². The van der Waals surface area contributed by atoms with Crippen LogP contribution in [0.15, 0.2) is 22.7 Å². The summed E-state index contributed by atoms with van der Waals surface area (Å²) in [4.78, 5) is 10.8. The minimum Gasteiger partial charge on any atom is -0.478 e. The number of aromatic carboxylic acids is 1. The van der Waals surface area contributed by atoms with Crippen molar-refractivity contribution >= 4 is 27.6 Å². The lowest BCUT2D eigenvalue weighted by molar-refractivity contribution is 0.0697. The molecule has 1 aromatic rings. The van der Waals surface area contributed by atoms with Crippen molar-refractivity contribution in [1.29, 1.82) is 0 Å². The Bertz CT molecular complexity index is 444. The molecule has 0 radical (unpaired) electrons. The molecule has 2 rings (SSSR count). The Morgan fingerprint density at radius 2 is 2.39 bits per heavy atom. The highest BCUT2D eigenvalue weighted by atomic mass is 79.9. The number of rotatable bonds is 4. The molecular formula is C13H16BrNO3. The summed E-state index contributed by atoms with van der Waals surface area (Å²) in [6.45, 7) is 2.91. The summed E-state index contributed by atoms with van der Waals surface area (Å²) in [5.74, 6) is -0.922. The van der Waals surface area contributed by atoms with E-state index in [0.717, 1.165) is 29.6 Å². The summed E-state index contributed by atoms with van der Waals surface area (Å²) in [7, 11) is 0. The zero-order valence-electron chi connectivity index (χ0n) is 10.1. The highest BCUT2D eigenvalue weighted by molar-refractivity contribution is 9.10. The molecule has 98 valence electrons. The van der Waals surface area contributed by atoms with Crippen molar-refractivity contribution in [3.63, 3.8) is 0 Å². The van der Waals surface area contributed by atoms with Crippen molar-refractivity contribution < 1.29 is 14.6 Å². The normalized spacial score (nSPS) is 20.7. The number of hydrogen-bond donors (Lipinski definition) is 2. The van der Waals surface area contributed by atoms with E-state index >= 15 is 0 Å². The largest absolute Gasteiger partial charge is 0.478 e. The average molecular weight is 314 g/mol. The molecule has 4 nitrogen and oxygen atoms in total. The Labute approximate surface area is 114 Å². The lowest BCUT2D eigenvalue weighted by atomic mass is 10.1. The van der Waals surface area contributed by atoms with Crippen LogP contribution in [0.4, 0.5) is 5.69 Å². The topological polar surface area (TPSA) is 58.6 Å². The minimum atomic E-state index is -0.922. The summed E-state index contributed by atoms with van der Waals surface area (Å²) in [6.07, 6.45) is 2.41. The van der Waals surface area contributed by atoms with Gasteiger partial charge in [0.15, 0.2) is 0 Å². The van der Waals surface area contributed by atoms with Crippen LogP contribution in [0.25, 0.3) is 0 Å². The van der Waals surface area contributed by atoms with Crippen molar-refractivity contribution in [2.45, 2.75) is 31.9 Å². The number of anilines is 1. The number of benzene rings is 1. The number of carboxylic acids is 1. The summed E-state index contributed by atoms with van der Waals surface area (Å²) in [5.41, 5.74) is 1.17. The van der Waals surface area contributed by atoms with Gasteiger partial charge >= 0.3 is 5.97 Å². The van der Waals surface area contributed by atoms with Crippen LogP contribution in [-0.2, 0) is 4.74 Å². The zero-order chi connectivity index (χ0) is 13.1. The van der Waals surface area contributed by atoms with Crippen molar-refractivity contribution in [2.75, 3.05) is 11.9 Å². The van der Waals surface area contributed by atoms with E-state index in [0.29, 0.717) is 0 Å². The van der Waals surface area contributed by atoms with E-state index in [1.807, 2.05) is 0 Å². The Kier molecular flexibility index (Phi) is 4.24. The number of hydrogen-bond acceptors (Lipinski definition) is 3. The molecule has 18 heavy (non-hydrogen) atoms. The molecule has 2 N–H and O–H groups in total. The molecule has 0 spiro atoms. The van der Waals surface area contributed by atoms with Gasteiger partial charge in [-0.05, 0) is 53.9 Å². The predicted molar refractivity (Wildman–Crippen MR) is 73.2 cm³/mol. The first kappa shape index (κ1) is 13.4. The second kappa shape index (κ2) is 5.71. The zero-order valence-corrected chi connectivity index (χ0v) is 11.7. The van der Waals surface area contributed by atoms with Crippen LogP contribution in [0.3, 0.4) is 0 Å². The quantitative estimate of drug-likeness (QED) is 0.896. The maximum Gasteiger partial charge on any atom is 0.335 e. The Balaban J connectivity index is 2.06. The first-order valence-electron chi connectivity index (χ1n) is 5.99. The summed E-state index contributed by atoms with van der Waals surface area (Å²) < 4.78 is 6.37. The van der Waals surface area contributed by atoms with Crippen molar-refractivity contribution in [3.8, 4) is 0 Å². The third kappa shape index (κ3) is 3.03. The fourth-order valence-corrected chi connectivity index (χ4v) is 2.59. The van der Waals surface area contributed by atoms with Crippen molar-refractivity contribution in [1.82, 2.24) is 0 Å². The molecule has 0 saturated carbocycles. The molecule has 0 bridgehead atoms. The lowest BCUT2D eigenvalue weighted by Crippen LogP contribution is -2.30. The van der Waals surface area contributed by atoms with Crippen LogP contribution < -0.4 is 5.32 Å². The summed E-state index contributed by atoms with van der Waals surface area (Å²) >= 11 is 3.39. The SMILES string of the molecule is CC(Nc1ccc(C(=O)O)cc1Br)C1CCCO1. The third-order valence-electron chi connectivity index (χ3n) is 3.12. The van der Waals surface area contributed by atoms with E-state index in [-0.39, 0.29) is 17.7 Å². The van der Waals surface area contributed by atoms with Gasteiger partial charge < -0.3 is 15.2 Å². The van der Waals surface area contributed by atoms with Gasteiger partial charge in [0.05, 0.1) is 11.7 Å². The molecule has 0 aromatic heterocycles. The summed E-state index contributed by atoms with van der Waals surface area (Å²) in [5, 5.41) is 12.2. The molecule has 1 heterocycles. The van der Waals surface area contributed by atoms with Crippen LogP contribution >= 0.6 is 15.9 Å². The van der Waals surface area contributed by atoms with Crippen LogP contribution in [0.2, 0.25) is 0 Å². The number of carbonyl (C=O) groups is 1. The van der Waals surface area contributed by atoms with Gasteiger partial charge in [-0.15, -0.1) is 0 Å². The number of nitrogens with one attached hydrogen (secondary N) is 1. The van der Waals surface area contributed by atoms with Gasteiger partial charge in [0.1, 0.15) is 0 Å². The molecule has 1 aliphatic rings. The van der Waals surface area contributed by atoms with Gasteiger partial charge in [-0.2, -0.15) is 0 Å². The fraction of sp³-hybridized carbons (Fsp3) is 0.462. The summed E-state index contributed by atoms with van der Waals surface area (Å²) in [6, 6.07) is 5.18. The molecular weight excluding hydrogens is 298 g/mol. The molecule has 1 aromatic carbocycles. The van der Waals surface area contributed by atoms with Gasteiger partial charge in [-0.1, -0.05) is 0 Å². The van der Waals surface area contributed by atoms with E-state index in [2.05, 4.69) is 28.2 Å². The number of ether oxygens (including phenoxy) is 1. The highest BCUT2D eigenvalue weighted by Gasteiger charge is 2.22. The number of carboxylic acid groups (broad SMARTS) is 1. The highest BCUT2D eigenvalue weighted by Crippen LogP contribution is 2.26. The maximum atomic E-state index is 10.8. The Hall–Kier alpha value is -1.07. The minimum absolute atomic E-state index is 0.208. The monoisotopic (exact) mass is 313 g/mol. The molecule has 5 heteroatoms. The lowest BCUT2D eigenvalue weighted by Gasteiger charge is -2.22. The van der Waals surface area contributed by atoms with Crippen molar-refractivity contribution in [3.05, 3.63) is 28.2 Å². The molecule has 2 unspecified atom stereocenters. The molecule has 1 saturated heterocycles. The molecule has 1 aliphatic heterocycles. The van der Waals surface area contributed by atoms with E-state index in [9.17, 15) is 4.79 Å². The molecule has 0 amide bonds. The second-order valence-electron chi connectivity index (χ2n) is 4.48. The standard InChI is InChI=1S/C13H16BrNO3/c1-8(12-3-2-6-18-12)15-11-5-4-9(13(16)17)7-10(11)14/h4-5,7-8,12,15H,2-3,6H2,1H3,(H,16,17). The first-order valence-corrected chi connectivity index (χ1v) is 6.78. The van der Waals surface area contributed by atoms with Crippen LogP contribution in [0.5, 0.6) is 0 Å². The number of halogens is 1.